The van der Waals surface area contributed by atoms with Crippen LogP contribution in [-0.4, -0.2) is 89.2 Å². The molecule has 5 amide bonds. The van der Waals surface area contributed by atoms with Crippen LogP contribution in [0.4, 0.5) is 0 Å². The van der Waals surface area contributed by atoms with Crippen molar-refractivity contribution in [1.29, 1.82) is 0 Å². The normalized spacial score (nSPS) is 13.0. The molecule has 0 spiro atoms. The number of hydrogen-bond donors (Lipinski definition) is 5. The van der Waals surface area contributed by atoms with E-state index < -0.39 is 53.7 Å². The summed E-state index contributed by atoms with van der Waals surface area (Å²) in [7, 11) is 0. The van der Waals surface area contributed by atoms with Gasteiger partial charge in [0.2, 0.25) is 17.7 Å². The molecule has 15 nitrogen and oxygen atoms in total. The van der Waals surface area contributed by atoms with Gasteiger partial charge in [-0.3, -0.25) is 24.0 Å². The van der Waals surface area contributed by atoms with Crippen molar-refractivity contribution in [3.05, 3.63) is 71.8 Å². The molecule has 49 heavy (non-hydrogen) atoms. The molecule has 4 atom stereocenters. The van der Waals surface area contributed by atoms with Crippen molar-refractivity contribution in [2.24, 2.45) is 22.6 Å². The molecule has 12 N–H and O–H groups in total. The third-order valence-corrected chi connectivity index (χ3v) is 6.88. The largest absolute Gasteiger partial charge is 0.412 e. The van der Waals surface area contributed by atoms with Crippen LogP contribution in [-0.2, 0) is 41.6 Å². The van der Waals surface area contributed by atoms with E-state index >= 15 is 0 Å². The Morgan fingerprint density at radius 3 is 1.63 bits per heavy atom. The van der Waals surface area contributed by atoms with E-state index in [0.29, 0.717) is 19.1 Å². The Morgan fingerprint density at radius 1 is 0.673 bits per heavy atom. The van der Waals surface area contributed by atoms with Gasteiger partial charge in [0.15, 0.2) is 0 Å². The predicted octanol–water partition coefficient (Wildman–Crippen LogP) is -1.22. The van der Waals surface area contributed by atoms with E-state index in [1.807, 2.05) is 39.8 Å². The molecule has 0 fully saturated rings. The number of aldehydes is 1. The lowest BCUT2D eigenvalue weighted by atomic mass is 10.0. The first-order valence-corrected chi connectivity index (χ1v) is 15.4. The van der Waals surface area contributed by atoms with Crippen molar-refractivity contribution in [1.82, 2.24) is 21.3 Å². The molecule has 2 aromatic rings. The molecule has 0 aromatic heterocycles. The number of aliphatic imine (C=N–C) groups is 1. The monoisotopic (exact) mass is 688 g/mol. The number of rotatable bonds is 18. The van der Waals surface area contributed by atoms with E-state index in [-0.39, 0.29) is 47.7 Å². The van der Waals surface area contributed by atoms with Crippen molar-refractivity contribution in [2.45, 2.75) is 77.5 Å². The first-order valence-electron chi connectivity index (χ1n) is 15.4. The molecule has 0 bridgehead atoms. The van der Waals surface area contributed by atoms with Gasteiger partial charge in [-0.15, -0.1) is 0 Å². The number of nitrogens with one attached hydrogen (secondary N) is 4. The van der Waals surface area contributed by atoms with Gasteiger partial charge >= 0.3 is 0 Å². The van der Waals surface area contributed by atoms with Crippen molar-refractivity contribution in [3.63, 3.8) is 0 Å². The van der Waals surface area contributed by atoms with Gasteiger partial charge in [0, 0.05) is 12.8 Å². The summed E-state index contributed by atoms with van der Waals surface area (Å²) < 4.78 is 0. The highest BCUT2D eigenvalue weighted by atomic mass is 16.2. The van der Waals surface area contributed by atoms with E-state index in [9.17, 15) is 28.8 Å². The van der Waals surface area contributed by atoms with Crippen LogP contribution < -0.4 is 27.0 Å². The molecule has 0 heterocycles. The molecule has 0 aliphatic carbocycles. The maximum absolute atomic E-state index is 13.3. The average Bonchev–Trinajstić information content (AvgIpc) is 3.02. The molecular formula is C34H52N6O9. The SMILES string of the molecule is CC(C)C[C@@H](C=O)NC(=O)[C@@H](Cc1ccccc1)NC(=O)C=NC(=O)[C@H](Cc1ccccc1)NC(=O)[C@H](CC(C)C)NC(=O)CN.O.O.O. The summed E-state index contributed by atoms with van der Waals surface area (Å²) >= 11 is 0. The molecule has 0 unspecified atom stereocenters. The third-order valence-electron chi connectivity index (χ3n) is 6.88. The minimum Gasteiger partial charge on any atom is -0.412 e. The molecule has 0 aliphatic rings. The second-order valence-corrected chi connectivity index (χ2v) is 11.9. The van der Waals surface area contributed by atoms with Crippen LogP contribution in [0.15, 0.2) is 65.7 Å². The fourth-order valence-electron chi connectivity index (χ4n) is 4.70. The van der Waals surface area contributed by atoms with Crippen LogP contribution >= 0.6 is 0 Å². The highest BCUT2D eigenvalue weighted by Gasteiger charge is 2.28. The number of carbonyl (C=O) groups is 6. The van der Waals surface area contributed by atoms with Gasteiger partial charge < -0.3 is 48.2 Å². The lowest BCUT2D eigenvalue weighted by Gasteiger charge is -2.23. The van der Waals surface area contributed by atoms with E-state index in [4.69, 9.17) is 5.73 Å². The van der Waals surface area contributed by atoms with Crippen molar-refractivity contribution in [3.8, 4) is 0 Å². The van der Waals surface area contributed by atoms with Crippen LogP contribution in [0, 0.1) is 11.8 Å². The van der Waals surface area contributed by atoms with Crippen molar-refractivity contribution < 1.29 is 45.2 Å². The Kier molecular flexibility index (Phi) is 23.0. The molecule has 2 rings (SSSR count). The highest BCUT2D eigenvalue weighted by molar-refractivity contribution is 6.28. The van der Waals surface area contributed by atoms with Gasteiger partial charge in [-0.25, -0.2) is 4.99 Å². The number of nitrogens with zero attached hydrogens (tertiary/aromatic N) is 1. The lowest BCUT2D eigenvalue weighted by Crippen LogP contribution is -2.53. The van der Waals surface area contributed by atoms with Gasteiger partial charge in [-0.2, -0.15) is 0 Å². The zero-order valence-electron chi connectivity index (χ0n) is 28.4. The summed E-state index contributed by atoms with van der Waals surface area (Å²) in [6.07, 6.45) is 2.37. The smallest absolute Gasteiger partial charge is 0.268 e. The predicted molar refractivity (Wildman–Crippen MR) is 186 cm³/mol. The molecular weight excluding hydrogens is 636 g/mol. The van der Waals surface area contributed by atoms with Crippen LogP contribution in [0.5, 0.6) is 0 Å². The zero-order chi connectivity index (χ0) is 34.1. The van der Waals surface area contributed by atoms with Gasteiger partial charge in [0.25, 0.3) is 11.8 Å². The first kappa shape index (κ1) is 46.3. The summed E-state index contributed by atoms with van der Waals surface area (Å²) in [6.45, 7) is 7.32. The molecule has 0 aliphatic heterocycles. The number of carbonyl (C=O) groups excluding carboxylic acids is 6. The second-order valence-electron chi connectivity index (χ2n) is 11.9. The van der Waals surface area contributed by atoms with E-state index in [0.717, 1.165) is 17.3 Å². The summed E-state index contributed by atoms with van der Waals surface area (Å²) in [5.74, 6) is -3.07. The second kappa shape index (κ2) is 24.3. The fraction of sp³-hybridized carbons (Fsp3) is 0.441. The van der Waals surface area contributed by atoms with E-state index in [1.165, 1.54) is 0 Å². The number of benzene rings is 2. The van der Waals surface area contributed by atoms with Crippen LogP contribution in [0.2, 0.25) is 0 Å². The standard InChI is InChI=1S/C34H46N6O6.3H2O/c1-22(2)15-26(21-41)37-33(45)29(18-25-13-9-6-10-14-25)39-31(43)20-36-32(44)28(17-24-11-7-5-8-12-24)40-34(46)27(16-23(3)4)38-30(42)19-35;;;/h5-14,20-23,26-29H,15-19,35H2,1-4H3,(H,37,45)(H,38,42)(H,39,43)(H,40,46);3*1H2/t26-,27-,28-,29+;;;/m0.../s1. The minimum absolute atomic E-state index is 0. The molecule has 0 radical (unpaired) electrons. The Bertz CT molecular complexity index is 1340. The molecule has 0 saturated heterocycles. The lowest BCUT2D eigenvalue weighted by molar-refractivity contribution is -0.131. The van der Waals surface area contributed by atoms with Gasteiger partial charge in [0.1, 0.15) is 24.4 Å². The first-order chi connectivity index (χ1) is 21.9. The van der Waals surface area contributed by atoms with Crippen molar-refractivity contribution in [2.75, 3.05) is 6.54 Å². The van der Waals surface area contributed by atoms with E-state index in [2.05, 4.69) is 26.3 Å². The Hall–Kier alpha value is -4.83. The minimum atomic E-state index is -1.16. The maximum atomic E-state index is 13.3. The topological polar surface area (TPSA) is 283 Å². The van der Waals surface area contributed by atoms with Crippen LogP contribution in [0.3, 0.4) is 0 Å². The molecule has 272 valence electrons. The highest BCUT2D eigenvalue weighted by Crippen LogP contribution is 2.10. The number of hydrogen-bond acceptors (Lipinski definition) is 7. The molecule has 0 saturated carbocycles. The van der Waals surface area contributed by atoms with Crippen molar-refractivity contribution >= 4 is 42.0 Å². The number of amides is 5. The Morgan fingerprint density at radius 2 is 1.16 bits per heavy atom. The quantitative estimate of drug-likeness (QED) is 0.0939. The summed E-state index contributed by atoms with van der Waals surface area (Å²) in [5, 5.41) is 10.5. The third kappa shape index (κ3) is 17.8. The van der Waals surface area contributed by atoms with Gasteiger partial charge in [0.05, 0.1) is 18.8 Å². The Labute approximate surface area is 286 Å². The molecule has 15 heteroatoms. The summed E-state index contributed by atoms with van der Waals surface area (Å²) in [5.41, 5.74) is 6.92. The Balaban J connectivity index is 0. The number of nitrogens with two attached hydrogens (primary N) is 1. The molecule has 2 aromatic carbocycles. The van der Waals surface area contributed by atoms with E-state index in [1.54, 1.807) is 48.5 Å². The fourth-order valence-corrected chi connectivity index (χ4v) is 4.70. The van der Waals surface area contributed by atoms with Crippen LogP contribution in [0.25, 0.3) is 0 Å². The average molecular weight is 689 g/mol. The van der Waals surface area contributed by atoms with Crippen LogP contribution in [0.1, 0.15) is 51.7 Å². The maximum Gasteiger partial charge on any atom is 0.268 e. The van der Waals surface area contributed by atoms with Gasteiger partial charge in [-0.1, -0.05) is 88.4 Å². The van der Waals surface area contributed by atoms with Gasteiger partial charge in [-0.05, 0) is 35.8 Å². The summed E-state index contributed by atoms with van der Waals surface area (Å²) in [6, 6.07) is 14.1. The summed E-state index contributed by atoms with van der Waals surface area (Å²) in [4.78, 5) is 80.0. The zero-order valence-corrected chi connectivity index (χ0v) is 28.4.